The average molecular weight is 290 g/mol. The van der Waals surface area contributed by atoms with Gasteiger partial charge < -0.3 is 9.47 Å². The van der Waals surface area contributed by atoms with E-state index in [0.717, 1.165) is 32.0 Å². The summed E-state index contributed by atoms with van der Waals surface area (Å²) >= 11 is 0. The Morgan fingerprint density at radius 3 is 2.62 bits per heavy atom. The van der Waals surface area contributed by atoms with E-state index < -0.39 is 0 Å². The predicted molar refractivity (Wildman–Crippen MR) is 88.4 cm³/mol. The van der Waals surface area contributed by atoms with Crippen LogP contribution in [0.2, 0.25) is 0 Å². The first-order valence-electron chi connectivity index (χ1n) is 8.44. The molecule has 2 fully saturated rings. The Labute approximate surface area is 129 Å². The molecule has 0 aromatic heterocycles. The van der Waals surface area contributed by atoms with E-state index in [4.69, 9.17) is 9.47 Å². The van der Waals surface area contributed by atoms with Gasteiger partial charge in [0.05, 0.1) is 25.4 Å². The van der Waals surface area contributed by atoms with Gasteiger partial charge in [-0.25, -0.2) is 0 Å². The molecule has 2 heterocycles. The smallest absolute Gasteiger partial charge is 0.0847 e. The van der Waals surface area contributed by atoms with Crippen molar-refractivity contribution in [3.05, 3.63) is 36.0 Å². The van der Waals surface area contributed by atoms with Gasteiger partial charge >= 0.3 is 0 Å². The van der Waals surface area contributed by atoms with Gasteiger partial charge in [-0.2, -0.15) is 0 Å². The Bertz CT molecular complexity index is 386. The van der Waals surface area contributed by atoms with Gasteiger partial charge in [0.2, 0.25) is 0 Å². The Hall–Kier alpha value is -0.860. The maximum Gasteiger partial charge on any atom is 0.0847 e. The molecule has 0 amide bonds. The summed E-state index contributed by atoms with van der Waals surface area (Å²) in [6.45, 7) is 10.6. The van der Waals surface area contributed by atoms with Gasteiger partial charge in [-0.1, -0.05) is 56.2 Å². The molecule has 0 aromatic carbocycles. The summed E-state index contributed by atoms with van der Waals surface area (Å²) in [5, 5.41) is 0. The van der Waals surface area contributed by atoms with Crippen molar-refractivity contribution in [1.29, 1.82) is 0 Å². The molecule has 118 valence electrons. The van der Waals surface area contributed by atoms with Crippen LogP contribution in [0.5, 0.6) is 0 Å². The van der Waals surface area contributed by atoms with Crippen molar-refractivity contribution < 1.29 is 9.47 Å². The number of epoxide rings is 2. The first-order chi connectivity index (χ1) is 10.2. The SMILES string of the molecule is C=C(/C=C\C=C(/CCCC1CO1)CC1CO1)CC(C)CC. The zero-order valence-corrected chi connectivity index (χ0v) is 13.6. The van der Waals surface area contributed by atoms with Crippen molar-refractivity contribution in [3.8, 4) is 0 Å². The minimum Gasteiger partial charge on any atom is -0.373 e. The Morgan fingerprint density at radius 1 is 1.29 bits per heavy atom. The fourth-order valence-corrected chi connectivity index (χ4v) is 2.50. The second-order valence-electron chi connectivity index (χ2n) is 6.57. The van der Waals surface area contributed by atoms with Crippen LogP contribution in [-0.4, -0.2) is 25.4 Å². The average Bonchev–Trinajstić information content (AvgIpc) is 3.33. The standard InChI is InChI=1S/C19H30O2/c1-4-15(2)11-16(3)7-5-8-17(12-19-14-21-19)9-6-10-18-13-20-18/h5,7-8,15,18-19H,3-4,6,9-14H2,1-2H3/b7-5-,17-8+. The molecule has 2 aliphatic heterocycles. The quantitative estimate of drug-likeness (QED) is 0.402. The molecule has 2 rings (SSSR count). The van der Waals surface area contributed by atoms with Gasteiger partial charge in [-0.15, -0.1) is 0 Å². The third-order valence-electron chi connectivity index (χ3n) is 4.29. The Kier molecular flexibility index (Phi) is 6.72. The van der Waals surface area contributed by atoms with Crippen molar-refractivity contribution in [3.63, 3.8) is 0 Å². The van der Waals surface area contributed by atoms with Gasteiger partial charge in [-0.3, -0.25) is 0 Å². The van der Waals surface area contributed by atoms with Gasteiger partial charge in [0.15, 0.2) is 0 Å². The highest BCUT2D eigenvalue weighted by atomic mass is 16.6. The molecule has 0 aliphatic carbocycles. The maximum atomic E-state index is 5.37. The van der Waals surface area contributed by atoms with Crippen LogP contribution in [-0.2, 0) is 9.47 Å². The molecule has 2 saturated heterocycles. The van der Waals surface area contributed by atoms with Crippen molar-refractivity contribution in [2.24, 2.45) is 5.92 Å². The van der Waals surface area contributed by atoms with Crippen molar-refractivity contribution in [2.75, 3.05) is 13.2 Å². The van der Waals surface area contributed by atoms with E-state index in [-0.39, 0.29) is 0 Å². The number of hydrogen-bond acceptors (Lipinski definition) is 2. The van der Waals surface area contributed by atoms with Crippen molar-refractivity contribution in [1.82, 2.24) is 0 Å². The third-order valence-corrected chi connectivity index (χ3v) is 4.29. The van der Waals surface area contributed by atoms with E-state index in [0.29, 0.717) is 12.2 Å². The predicted octanol–water partition coefficient (Wildman–Crippen LogP) is 4.82. The summed E-state index contributed by atoms with van der Waals surface area (Å²) in [6, 6.07) is 0. The topological polar surface area (TPSA) is 25.1 Å². The zero-order valence-electron chi connectivity index (χ0n) is 13.6. The molecule has 0 N–H and O–H groups in total. The molecular weight excluding hydrogens is 260 g/mol. The van der Waals surface area contributed by atoms with Crippen LogP contribution in [0.4, 0.5) is 0 Å². The number of allylic oxidation sites excluding steroid dienone is 4. The van der Waals surface area contributed by atoms with Gasteiger partial charge in [0, 0.05) is 0 Å². The molecule has 2 nitrogen and oxygen atoms in total. The highest BCUT2D eigenvalue weighted by Gasteiger charge is 2.24. The molecule has 0 saturated carbocycles. The van der Waals surface area contributed by atoms with Crippen molar-refractivity contribution in [2.45, 2.75) is 64.6 Å². The Morgan fingerprint density at radius 2 is 2.00 bits per heavy atom. The summed E-state index contributed by atoms with van der Waals surface area (Å²) in [5.74, 6) is 0.726. The van der Waals surface area contributed by atoms with Gasteiger partial charge in [0.25, 0.3) is 0 Å². The molecule has 3 unspecified atom stereocenters. The summed E-state index contributed by atoms with van der Waals surface area (Å²) in [6.07, 6.45) is 14.7. The fraction of sp³-hybridized carbons (Fsp3) is 0.684. The van der Waals surface area contributed by atoms with Crippen LogP contribution < -0.4 is 0 Å². The summed E-state index contributed by atoms with van der Waals surface area (Å²) < 4.78 is 10.6. The van der Waals surface area contributed by atoms with Gasteiger partial charge in [-0.05, 0) is 38.0 Å². The Balaban J connectivity index is 1.74. The largest absolute Gasteiger partial charge is 0.373 e. The first-order valence-corrected chi connectivity index (χ1v) is 8.44. The molecule has 2 aliphatic rings. The maximum absolute atomic E-state index is 5.37. The minimum absolute atomic E-state index is 0.477. The summed E-state index contributed by atoms with van der Waals surface area (Å²) in [5.41, 5.74) is 2.74. The number of ether oxygens (including phenoxy) is 2. The lowest BCUT2D eigenvalue weighted by Gasteiger charge is -2.07. The van der Waals surface area contributed by atoms with Gasteiger partial charge in [0.1, 0.15) is 0 Å². The number of rotatable bonds is 11. The highest BCUT2D eigenvalue weighted by Crippen LogP contribution is 2.25. The number of hydrogen-bond donors (Lipinski definition) is 0. The molecule has 0 spiro atoms. The highest BCUT2D eigenvalue weighted by molar-refractivity contribution is 5.22. The second-order valence-corrected chi connectivity index (χ2v) is 6.57. The lowest BCUT2D eigenvalue weighted by atomic mass is 9.99. The summed E-state index contributed by atoms with van der Waals surface area (Å²) in [7, 11) is 0. The minimum atomic E-state index is 0.477. The lowest BCUT2D eigenvalue weighted by molar-refractivity contribution is 0.388. The molecule has 3 atom stereocenters. The van der Waals surface area contributed by atoms with Crippen LogP contribution in [0.3, 0.4) is 0 Å². The van der Waals surface area contributed by atoms with Crippen LogP contribution in [0.15, 0.2) is 36.0 Å². The van der Waals surface area contributed by atoms with Crippen LogP contribution in [0.25, 0.3) is 0 Å². The van der Waals surface area contributed by atoms with Crippen LogP contribution >= 0.6 is 0 Å². The summed E-state index contributed by atoms with van der Waals surface area (Å²) in [4.78, 5) is 0. The molecule has 21 heavy (non-hydrogen) atoms. The zero-order chi connectivity index (χ0) is 15.1. The first kappa shape index (κ1) is 16.5. The van der Waals surface area contributed by atoms with E-state index in [1.165, 1.54) is 36.8 Å². The molecule has 2 heteroatoms. The van der Waals surface area contributed by atoms with E-state index in [2.05, 4.69) is 38.7 Å². The van der Waals surface area contributed by atoms with E-state index in [9.17, 15) is 0 Å². The monoisotopic (exact) mass is 290 g/mol. The molecular formula is C19H30O2. The van der Waals surface area contributed by atoms with Crippen LogP contribution in [0, 0.1) is 5.92 Å². The molecule has 0 aromatic rings. The molecule has 0 bridgehead atoms. The fourth-order valence-electron chi connectivity index (χ4n) is 2.50. The van der Waals surface area contributed by atoms with Crippen LogP contribution in [0.1, 0.15) is 52.4 Å². The van der Waals surface area contributed by atoms with Crippen molar-refractivity contribution >= 4 is 0 Å². The second kappa shape index (κ2) is 8.55. The van der Waals surface area contributed by atoms with E-state index in [1.54, 1.807) is 0 Å². The normalized spacial score (nSPS) is 26.1. The lowest BCUT2D eigenvalue weighted by Crippen LogP contribution is -1.94. The van der Waals surface area contributed by atoms with E-state index >= 15 is 0 Å². The van der Waals surface area contributed by atoms with E-state index in [1.807, 2.05) is 0 Å². The molecule has 0 radical (unpaired) electrons. The third kappa shape index (κ3) is 7.63.